The van der Waals surface area contributed by atoms with Crippen LogP contribution in [0.2, 0.25) is 0 Å². The van der Waals surface area contributed by atoms with Crippen LogP contribution in [-0.4, -0.2) is 29.2 Å². The van der Waals surface area contributed by atoms with Crippen molar-refractivity contribution in [2.45, 2.75) is 86.5 Å². The van der Waals surface area contributed by atoms with Gasteiger partial charge in [0.2, 0.25) is 0 Å². The van der Waals surface area contributed by atoms with Crippen molar-refractivity contribution in [1.29, 1.82) is 0 Å². The van der Waals surface area contributed by atoms with Gasteiger partial charge in [0.05, 0.1) is 5.69 Å². The minimum absolute atomic E-state index is 0.411. The number of pyridine rings is 1. The Morgan fingerprint density at radius 3 is 1.87 bits per heavy atom. The van der Waals surface area contributed by atoms with Crippen molar-refractivity contribution in [3.05, 3.63) is 54.2 Å². The Hall–Kier alpha value is -2.55. The molecule has 3 rings (SSSR count). The van der Waals surface area contributed by atoms with E-state index in [2.05, 4.69) is 115 Å². The predicted molar refractivity (Wildman–Crippen MR) is 137 cm³/mol. The maximum Gasteiger partial charge on any atom is 0.0784 e. The largest absolute Gasteiger partial charge is 0.367 e. The summed E-state index contributed by atoms with van der Waals surface area (Å²) in [7, 11) is 0. The number of aromatic nitrogens is 1. The van der Waals surface area contributed by atoms with E-state index in [1.54, 1.807) is 0 Å². The Bertz CT molecular complexity index is 1010. The number of hydrogen-bond donors (Lipinski definition) is 0. The van der Waals surface area contributed by atoms with Gasteiger partial charge in [-0.05, 0) is 91.5 Å². The predicted octanol–water partition coefficient (Wildman–Crippen LogP) is 7.46. The minimum atomic E-state index is 0.411. The van der Waals surface area contributed by atoms with E-state index in [0.717, 1.165) is 5.69 Å². The molecule has 0 N–H and O–H groups in total. The second-order valence-corrected chi connectivity index (χ2v) is 9.71. The van der Waals surface area contributed by atoms with Crippen LogP contribution in [0.15, 0.2) is 48.7 Å². The van der Waals surface area contributed by atoms with E-state index in [1.807, 2.05) is 6.20 Å². The van der Waals surface area contributed by atoms with E-state index < -0.39 is 0 Å². The van der Waals surface area contributed by atoms with Crippen LogP contribution in [-0.2, 0) is 0 Å². The summed E-state index contributed by atoms with van der Waals surface area (Å²) in [6.07, 6.45) is 1.94. The molecule has 3 nitrogen and oxygen atoms in total. The molecule has 0 aliphatic carbocycles. The molecule has 0 saturated carbocycles. The van der Waals surface area contributed by atoms with Crippen LogP contribution >= 0.6 is 0 Å². The van der Waals surface area contributed by atoms with Crippen LogP contribution in [0.3, 0.4) is 0 Å². The molecule has 31 heavy (non-hydrogen) atoms. The van der Waals surface area contributed by atoms with Crippen molar-refractivity contribution in [3.63, 3.8) is 0 Å². The summed E-state index contributed by atoms with van der Waals surface area (Å²) >= 11 is 0. The summed E-state index contributed by atoms with van der Waals surface area (Å²) in [5.41, 5.74) is 6.16. The molecule has 3 heteroatoms. The first-order chi connectivity index (χ1) is 14.6. The molecule has 1 aromatic heterocycles. The molecule has 1 heterocycles. The first-order valence-electron chi connectivity index (χ1n) is 11.7. The second kappa shape index (κ2) is 9.30. The van der Waals surface area contributed by atoms with Crippen LogP contribution in [0.5, 0.6) is 0 Å². The van der Waals surface area contributed by atoms with Crippen molar-refractivity contribution < 1.29 is 0 Å². The molecule has 0 atom stereocenters. The van der Waals surface area contributed by atoms with Crippen LogP contribution in [0, 0.1) is 6.92 Å². The highest BCUT2D eigenvalue weighted by Crippen LogP contribution is 2.39. The third-order valence-corrected chi connectivity index (χ3v) is 6.10. The summed E-state index contributed by atoms with van der Waals surface area (Å²) in [6, 6.07) is 17.1. The van der Waals surface area contributed by atoms with Crippen LogP contribution in [0.4, 0.5) is 11.4 Å². The van der Waals surface area contributed by atoms with E-state index in [9.17, 15) is 0 Å². The van der Waals surface area contributed by atoms with Gasteiger partial charge in [-0.3, -0.25) is 4.98 Å². The van der Waals surface area contributed by atoms with Gasteiger partial charge in [0, 0.05) is 52.7 Å². The highest BCUT2D eigenvalue weighted by molar-refractivity contribution is 5.96. The molecular formula is C28H39N3. The van der Waals surface area contributed by atoms with Crippen molar-refractivity contribution in [3.8, 4) is 11.3 Å². The second-order valence-electron chi connectivity index (χ2n) is 9.71. The molecule has 0 spiro atoms. The fourth-order valence-corrected chi connectivity index (χ4v) is 5.03. The highest BCUT2D eigenvalue weighted by Gasteiger charge is 2.24. The molecule has 2 aromatic carbocycles. The van der Waals surface area contributed by atoms with Gasteiger partial charge >= 0.3 is 0 Å². The first-order valence-corrected chi connectivity index (χ1v) is 11.7. The van der Waals surface area contributed by atoms with Crippen molar-refractivity contribution in [2.24, 2.45) is 0 Å². The van der Waals surface area contributed by atoms with Gasteiger partial charge in [-0.25, -0.2) is 0 Å². The third kappa shape index (κ3) is 4.56. The summed E-state index contributed by atoms with van der Waals surface area (Å²) in [6.45, 7) is 20.5. The van der Waals surface area contributed by atoms with Gasteiger partial charge in [-0.2, -0.15) is 0 Å². The van der Waals surface area contributed by atoms with E-state index in [-0.39, 0.29) is 0 Å². The van der Waals surface area contributed by atoms with Gasteiger partial charge < -0.3 is 9.80 Å². The van der Waals surface area contributed by atoms with Gasteiger partial charge in [-0.1, -0.05) is 24.3 Å². The Morgan fingerprint density at radius 2 is 1.29 bits per heavy atom. The van der Waals surface area contributed by atoms with Gasteiger partial charge in [-0.15, -0.1) is 0 Å². The maximum absolute atomic E-state index is 4.88. The molecular weight excluding hydrogens is 378 g/mol. The van der Waals surface area contributed by atoms with Crippen LogP contribution < -0.4 is 9.80 Å². The van der Waals surface area contributed by atoms with E-state index in [1.165, 1.54) is 33.3 Å². The van der Waals surface area contributed by atoms with Crippen molar-refractivity contribution in [1.82, 2.24) is 4.98 Å². The quantitative estimate of drug-likeness (QED) is 0.398. The molecule has 0 radical (unpaired) electrons. The Labute approximate surface area is 189 Å². The average Bonchev–Trinajstić information content (AvgIpc) is 2.68. The molecule has 0 unspecified atom stereocenters. The molecule has 0 amide bonds. The number of hydrogen-bond acceptors (Lipinski definition) is 3. The number of fused-ring (bicyclic) bond motifs is 1. The standard InChI is InChI=1S/C28H39N3/c1-18(2)30(19(3)4)24-16-26(22(9)27(17-24)31(20(5)6)21(7)8)28-25-13-11-10-12-23(25)14-15-29-28/h10-21H,1-9H3. The molecule has 0 fully saturated rings. The summed E-state index contributed by atoms with van der Waals surface area (Å²) in [5, 5.41) is 2.44. The third-order valence-electron chi connectivity index (χ3n) is 6.10. The van der Waals surface area contributed by atoms with Gasteiger partial charge in [0.1, 0.15) is 0 Å². The molecule has 0 aliphatic rings. The summed E-state index contributed by atoms with van der Waals surface area (Å²) in [5.74, 6) is 0. The summed E-state index contributed by atoms with van der Waals surface area (Å²) < 4.78 is 0. The fourth-order valence-electron chi connectivity index (χ4n) is 5.03. The zero-order valence-electron chi connectivity index (χ0n) is 20.8. The van der Waals surface area contributed by atoms with Crippen LogP contribution in [0.1, 0.15) is 61.0 Å². The van der Waals surface area contributed by atoms with E-state index in [4.69, 9.17) is 4.98 Å². The fraction of sp³-hybridized carbons (Fsp3) is 0.464. The summed E-state index contributed by atoms with van der Waals surface area (Å²) in [4.78, 5) is 9.93. The normalized spacial score (nSPS) is 11.9. The van der Waals surface area contributed by atoms with Gasteiger partial charge in [0.25, 0.3) is 0 Å². The van der Waals surface area contributed by atoms with Crippen molar-refractivity contribution in [2.75, 3.05) is 9.80 Å². The first kappa shape index (κ1) is 23.1. The Balaban J connectivity index is 2.37. The lowest BCUT2D eigenvalue weighted by atomic mass is 9.95. The Morgan fingerprint density at radius 1 is 0.710 bits per heavy atom. The zero-order chi connectivity index (χ0) is 22.9. The molecule has 0 bridgehead atoms. The maximum atomic E-state index is 4.88. The molecule has 166 valence electrons. The lowest BCUT2D eigenvalue weighted by Crippen LogP contribution is -2.39. The van der Waals surface area contributed by atoms with Crippen LogP contribution in [0.25, 0.3) is 22.0 Å². The molecule has 0 saturated heterocycles. The number of nitrogens with zero attached hydrogens (tertiary/aromatic N) is 3. The van der Waals surface area contributed by atoms with Gasteiger partial charge in [0.15, 0.2) is 0 Å². The number of anilines is 2. The number of benzene rings is 2. The number of rotatable bonds is 7. The monoisotopic (exact) mass is 417 g/mol. The minimum Gasteiger partial charge on any atom is -0.367 e. The zero-order valence-corrected chi connectivity index (χ0v) is 20.8. The van der Waals surface area contributed by atoms with Crippen molar-refractivity contribution >= 4 is 22.1 Å². The molecule has 0 aliphatic heterocycles. The van der Waals surface area contributed by atoms with E-state index >= 15 is 0 Å². The lowest BCUT2D eigenvalue weighted by molar-refractivity contribution is 0.599. The highest BCUT2D eigenvalue weighted by atomic mass is 15.2. The Kier molecular flexibility index (Phi) is 6.93. The molecule has 3 aromatic rings. The average molecular weight is 418 g/mol. The SMILES string of the molecule is Cc1c(-c2nccc3ccccc23)cc(N(C(C)C)C(C)C)cc1N(C(C)C)C(C)C. The lowest BCUT2D eigenvalue weighted by Gasteiger charge is -2.38. The topological polar surface area (TPSA) is 19.4 Å². The smallest absolute Gasteiger partial charge is 0.0784 e. The van der Waals surface area contributed by atoms with E-state index in [0.29, 0.717) is 24.2 Å².